The fourth-order valence-corrected chi connectivity index (χ4v) is 3.88. The lowest BCUT2D eigenvalue weighted by molar-refractivity contribution is -0.115. The molecule has 0 fully saturated rings. The van der Waals surface area contributed by atoms with Gasteiger partial charge in [0.1, 0.15) is 6.04 Å². The lowest BCUT2D eigenvalue weighted by Gasteiger charge is -2.27. The lowest BCUT2D eigenvalue weighted by Crippen LogP contribution is -2.31. The number of allylic oxidation sites excluding steroid dienone is 1. The molecule has 1 atom stereocenters. The van der Waals surface area contributed by atoms with Crippen molar-refractivity contribution in [3.8, 4) is 28.6 Å². The van der Waals surface area contributed by atoms with Crippen LogP contribution in [0.2, 0.25) is 5.02 Å². The molecule has 1 amide bonds. The molecule has 4 rings (SSSR count). The molecule has 0 saturated heterocycles. The van der Waals surface area contributed by atoms with E-state index in [-0.39, 0.29) is 0 Å². The molecule has 2 aromatic carbocycles. The molecule has 0 aliphatic carbocycles. The van der Waals surface area contributed by atoms with Crippen LogP contribution in [0.4, 0.5) is 5.95 Å². The number of benzene rings is 2. The number of primary amides is 1. The lowest BCUT2D eigenvalue weighted by atomic mass is 9.95. The number of methoxy groups -OCH3 is 3. The summed E-state index contributed by atoms with van der Waals surface area (Å²) in [6.45, 7) is 1.78. The van der Waals surface area contributed by atoms with Crippen LogP contribution in [0.1, 0.15) is 18.5 Å². The summed E-state index contributed by atoms with van der Waals surface area (Å²) >= 11 is 6.06. The summed E-state index contributed by atoms with van der Waals surface area (Å²) in [4.78, 5) is 17.0. The summed E-state index contributed by atoms with van der Waals surface area (Å²) in [6.07, 6.45) is 0. The number of amides is 1. The molecule has 2 heterocycles. The molecular formula is C22H22ClN5O4. The van der Waals surface area contributed by atoms with Gasteiger partial charge in [-0.3, -0.25) is 4.79 Å². The summed E-state index contributed by atoms with van der Waals surface area (Å²) < 4.78 is 17.9. The summed E-state index contributed by atoms with van der Waals surface area (Å²) in [7, 11) is 4.61. The molecule has 1 aromatic heterocycles. The number of halogens is 1. The third-order valence-corrected chi connectivity index (χ3v) is 5.48. The van der Waals surface area contributed by atoms with Crippen LogP contribution in [0.3, 0.4) is 0 Å². The second-order valence-electron chi connectivity index (χ2n) is 7.10. The van der Waals surface area contributed by atoms with E-state index in [0.29, 0.717) is 50.9 Å². The normalized spacial score (nSPS) is 15.1. The maximum atomic E-state index is 12.3. The monoisotopic (exact) mass is 455 g/mol. The van der Waals surface area contributed by atoms with Gasteiger partial charge < -0.3 is 25.3 Å². The number of ether oxygens (including phenoxy) is 3. The summed E-state index contributed by atoms with van der Waals surface area (Å²) in [5, 5.41) is 8.40. The summed E-state index contributed by atoms with van der Waals surface area (Å²) in [5.74, 6) is 1.74. The Kier molecular flexibility index (Phi) is 5.67. The second kappa shape index (κ2) is 8.43. The molecule has 0 spiro atoms. The van der Waals surface area contributed by atoms with Gasteiger partial charge in [0, 0.05) is 16.3 Å². The number of nitrogens with two attached hydrogens (primary N) is 1. The quantitative estimate of drug-likeness (QED) is 0.585. The second-order valence-corrected chi connectivity index (χ2v) is 7.54. The average Bonchev–Trinajstić information content (AvgIpc) is 3.21. The Labute approximate surface area is 189 Å². The van der Waals surface area contributed by atoms with Crippen LogP contribution in [0.5, 0.6) is 17.2 Å². The Morgan fingerprint density at radius 3 is 2.25 bits per heavy atom. The summed E-state index contributed by atoms with van der Waals surface area (Å²) in [6, 6.07) is 10.1. The Morgan fingerprint density at radius 2 is 1.72 bits per heavy atom. The van der Waals surface area contributed by atoms with Gasteiger partial charge in [-0.25, -0.2) is 4.68 Å². The molecule has 32 heavy (non-hydrogen) atoms. The predicted octanol–water partition coefficient (Wildman–Crippen LogP) is 3.40. The highest BCUT2D eigenvalue weighted by molar-refractivity contribution is 6.30. The number of carbonyl (C=O) groups is 1. The van der Waals surface area contributed by atoms with Crippen molar-refractivity contribution in [3.05, 3.63) is 58.3 Å². The number of rotatable bonds is 6. The number of nitrogens with zero attached hydrogens (tertiary/aromatic N) is 3. The fraction of sp³-hybridized carbons (Fsp3) is 0.227. The number of anilines is 1. The standard InChI is InChI=1S/C22H22ClN5O4/c1-11-17(20(24)29)18(12-5-7-14(23)8-6-12)28-22(25-11)26-21(27-28)13-9-15(30-2)19(32-4)16(10-13)31-3/h5-10,18H,1-4H3,(H2,24,29)(H,25,26,27)/t18-/m1/s1. The topological polar surface area (TPSA) is 114 Å². The first-order chi connectivity index (χ1) is 15.4. The predicted molar refractivity (Wildman–Crippen MR) is 120 cm³/mol. The van der Waals surface area contributed by atoms with E-state index in [1.165, 1.54) is 21.3 Å². The zero-order valence-electron chi connectivity index (χ0n) is 18.0. The largest absolute Gasteiger partial charge is 0.493 e. The molecule has 1 aliphatic heterocycles. The van der Waals surface area contributed by atoms with E-state index in [9.17, 15) is 4.79 Å². The first kappa shape index (κ1) is 21.5. The number of carbonyl (C=O) groups excluding carboxylic acids is 1. The molecule has 10 heteroatoms. The Hall–Kier alpha value is -3.72. The Bertz CT molecular complexity index is 1190. The van der Waals surface area contributed by atoms with Crippen molar-refractivity contribution < 1.29 is 19.0 Å². The molecule has 3 aromatic rings. The highest BCUT2D eigenvalue weighted by atomic mass is 35.5. The van der Waals surface area contributed by atoms with E-state index in [1.807, 2.05) is 12.1 Å². The van der Waals surface area contributed by atoms with Crippen LogP contribution in [0.15, 0.2) is 47.7 Å². The van der Waals surface area contributed by atoms with Gasteiger partial charge in [0.2, 0.25) is 17.6 Å². The van der Waals surface area contributed by atoms with Crippen LogP contribution in [-0.4, -0.2) is 42.0 Å². The minimum atomic E-state index is -0.565. The van der Waals surface area contributed by atoms with E-state index in [2.05, 4.69) is 10.3 Å². The molecule has 166 valence electrons. The third-order valence-electron chi connectivity index (χ3n) is 5.23. The first-order valence-corrected chi connectivity index (χ1v) is 10.1. The Morgan fingerprint density at radius 1 is 1.09 bits per heavy atom. The molecular weight excluding hydrogens is 434 g/mol. The number of aromatic nitrogens is 3. The van der Waals surface area contributed by atoms with Crippen LogP contribution in [-0.2, 0) is 4.79 Å². The van der Waals surface area contributed by atoms with Gasteiger partial charge in [0.25, 0.3) is 0 Å². The van der Waals surface area contributed by atoms with Crippen molar-refractivity contribution in [1.82, 2.24) is 14.8 Å². The van der Waals surface area contributed by atoms with E-state index in [0.717, 1.165) is 5.56 Å². The van der Waals surface area contributed by atoms with E-state index < -0.39 is 11.9 Å². The molecule has 0 unspecified atom stereocenters. The smallest absolute Gasteiger partial charge is 0.248 e. The molecule has 0 bridgehead atoms. The molecule has 0 radical (unpaired) electrons. The van der Waals surface area contributed by atoms with Crippen LogP contribution < -0.4 is 25.3 Å². The number of nitrogens with one attached hydrogen (secondary N) is 1. The maximum Gasteiger partial charge on any atom is 0.248 e. The van der Waals surface area contributed by atoms with E-state index >= 15 is 0 Å². The van der Waals surface area contributed by atoms with Crippen LogP contribution in [0.25, 0.3) is 11.4 Å². The van der Waals surface area contributed by atoms with Gasteiger partial charge >= 0.3 is 0 Å². The van der Waals surface area contributed by atoms with Gasteiger partial charge in [0.05, 0.1) is 26.9 Å². The zero-order valence-corrected chi connectivity index (χ0v) is 18.7. The first-order valence-electron chi connectivity index (χ1n) is 9.67. The van der Waals surface area contributed by atoms with Gasteiger partial charge in [-0.15, -0.1) is 5.10 Å². The minimum absolute atomic E-state index is 0.390. The number of hydrogen-bond donors (Lipinski definition) is 2. The van der Waals surface area contributed by atoms with Crippen molar-refractivity contribution in [2.24, 2.45) is 5.73 Å². The molecule has 1 aliphatic rings. The van der Waals surface area contributed by atoms with Crippen molar-refractivity contribution in [2.75, 3.05) is 26.6 Å². The van der Waals surface area contributed by atoms with Gasteiger partial charge in [-0.2, -0.15) is 4.98 Å². The SMILES string of the molecule is COc1cc(-c2nc3n(n2)[C@H](c2ccc(Cl)cc2)C(C(N)=O)=C(C)N3)cc(OC)c1OC. The van der Waals surface area contributed by atoms with Crippen LogP contribution in [0, 0.1) is 0 Å². The van der Waals surface area contributed by atoms with Gasteiger partial charge in [0.15, 0.2) is 17.3 Å². The van der Waals surface area contributed by atoms with E-state index in [4.69, 9.17) is 36.6 Å². The van der Waals surface area contributed by atoms with Crippen LogP contribution >= 0.6 is 11.6 Å². The molecule has 9 nitrogen and oxygen atoms in total. The van der Waals surface area contributed by atoms with E-state index in [1.54, 1.807) is 35.9 Å². The average molecular weight is 456 g/mol. The highest BCUT2D eigenvalue weighted by Gasteiger charge is 2.33. The van der Waals surface area contributed by atoms with Crippen molar-refractivity contribution >= 4 is 23.5 Å². The van der Waals surface area contributed by atoms with Crippen molar-refractivity contribution in [3.63, 3.8) is 0 Å². The summed E-state index contributed by atoms with van der Waals surface area (Å²) in [5.41, 5.74) is 8.17. The maximum absolute atomic E-state index is 12.3. The number of fused-ring (bicyclic) bond motifs is 1. The highest BCUT2D eigenvalue weighted by Crippen LogP contribution is 2.42. The van der Waals surface area contributed by atoms with Gasteiger partial charge in [-0.1, -0.05) is 23.7 Å². The van der Waals surface area contributed by atoms with Crippen molar-refractivity contribution in [1.29, 1.82) is 0 Å². The fourth-order valence-electron chi connectivity index (χ4n) is 3.76. The van der Waals surface area contributed by atoms with Crippen molar-refractivity contribution in [2.45, 2.75) is 13.0 Å². The molecule has 0 saturated carbocycles. The zero-order chi connectivity index (χ0) is 23.0. The third kappa shape index (κ3) is 3.60. The Balaban J connectivity index is 1.88. The number of hydrogen-bond acceptors (Lipinski definition) is 7. The minimum Gasteiger partial charge on any atom is -0.493 e. The van der Waals surface area contributed by atoms with Gasteiger partial charge in [-0.05, 0) is 36.8 Å². The molecule has 3 N–H and O–H groups in total.